The first-order chi connectivity index (χ1) is 13.8. The molecule has 2 nitrogen and oxygen atoms in total. The fourth-order valence-corrected chi connectivity index (χ4v) is 3.36. The summed E-state index contributed by atoms with van der Waals surface area (Å²) < 4.78 is 0. The third kappa shape index (κ3) is 7.41. The average molecular weight is 385 g/mol. The van der Waals surface area contributed by atoms with Gasteiger partial charge in [0.25, 0.3) is 0 Å². The van der Waals surface area contributed by atoms with Gasteiger partial charge >= 0.3 is 0 Å². The van der Waals surface area contributed by atoms with Gasteiger partial charge in [0.2, 0.25) is 0 Å². The van der Waals surface area contributed by atoms with Gasteiger partial charge in [-0.2, -0.15) is 0 Å². The van der Waals surface area contributed by atoms with Crippen molar-refractivity contribution in [1.82, 2.24) is 0 Å². The molecule has 2 saturated carbocycles. The highest BCUT2D eigenvalue weighted by Gasteiger charge is 2.26. The molecule has 2 aliphatic rings. The number of aliphatic hydroxyl groups is 2. The Bertz CT molecular complexity index is 533. The van der Waals surface area contributed by atoms with Crippen molar-refractivity contribution in [2.24, 2.45) is 11.8 Å². The molecule has 0 unspecified atom stereocenters. The van der Waals surface area contributed by atoms with Crippen LogP contribution in [0.3, 0.4) is 0 Å². The lowest BCUT2D eigenvalue weighted by Gasteiger charge is -2.30. The molecule has 0 aliphatic heterocycles. The summed E-state index contributed by atoms with van der Waals surface area (Å²) in [6.07, 6.45) is 6.89. The summed E-state index contributed by atoms with van der Waals surface area (Å²) in [5.41, 5.74) is 2.14. The van der Waals surface area contributed by atoms with Crippen LogP contribution in [0.1, 0.15) is 89.6 Å². The summed E-state index contributed by atoms with van der Waals surface area (Å²) in [4.78, 5) is 0. The molecule has 156 valence electrons. The van der Waals surface area contributed by atoms with Crippen LogP contribution in [0, 0.1) is 11.8 Å². The highest BCUT2D eigenvalue weighted by molar-refractivity contribution is 5.19. The zero-order valence-corrected chi connectivity index (χ0v) is 18.2. The van der Waals surface area contributed by atoms with E-state index >= 15 is 0 Å². The molecule has 2 N–H and O–H groups in total. The Balaban J connectivity index is 0.000000238. The maximum Gasteiger partial charge on any atom is 0.0818 e. The molecule has 2 aromatic rings. The van der Waals surface area contributed by atoms with E-state index in [1.54, 1.807) is 0 Å². The number of hydrogen-bond donors (Lipinski definition) is 2. The monoisotopic (exact) mass is 384 g/mol. The van der Waals surface area contributed by atoms with Crippen molar-refractivity contribution in [2.45, 2.75) is 78.4 Å². The number of benzene rings is 2. The van der Waals surface area contributed by atoms with E-state index in [9.17, 15) is 10.2 Å². The molecule has 0 amide bonds. The molecule has 0 spiro atoms. The summed E-state index contributed by atoms with van der Waals surface area (Å²) >= 11 is 0. The van der Waals surface area contributed by atoms with Crippen LogP contribution in [-0.4, -0.2) is 10.2 Å². The van der Waals surface area contributed by atoms with E-state index < -0.39 is 0 Å². The lowest BCUT2D eigenvalue weighted by Crippen LogP contribution is -2.19. The summed E-state index contributed by atoms with van der Waals surface area (Å²) in [5.74, 6) is 1.04. The molecule has 28 heavy (non-hydrogen) atoms. The van der Waals surface area contributed by atoms with E-state index in [4.69, 9.17) is 0 Å². The Morgan fingerprint density at radius 3 is 1.07 bits per heavy atom. The molecule has 0 aromatic heterocycles. The molecule has 2 heteroatoms. The highest BCUT2D eigenvalue weighted by Crippen LogP contribution is 2.38. The minimum Gasteiger partial charge on any atom is -0.388 e. The van der Waals surface area contributed by atoms with Crippen molar-refractivity contribution in [3.8, 4) is 0 Å². The molecule has 0 heterocycles. The van der Waals surface area contributed by atoms with E-state index in [0.717, 1.165) is 11.1 Å². The van der Waals surface area contributed by atoms with Crippen molar-refractivity contribution in [3.05, 3.63) is 71.8 Å². The molecule has 2 aromatic carbocycles. The van der Waals surface area contributed by atoms with Gasteiger partial charge in [-0.1, -0.05) is 101 Å². The first-order valence-electron chi connectivity index (χ1n) is 11.2. The van der Waals surface area contributed by atoms with Gasteiger partial charge in [0.1, 0.15) is 0 Å². The van der Waals surface area contributed by atoms with Crippen molar-refractivity contribution in [1.29, 1.82) is 0 Å². The van der Waals surface area contributed by atoms with Gasteiger partial charge < -0.3 is 10.2 Å². The van der Waals surface area contributed by atoms with Crippen molar-refractivity contribution in [2.75, 3.05) is 0 Å². The minimum absolute atomic E-state index is 0.222. The molecular weight excluding hydrogens is 344 g/mol. The zero-order chi connectivity index (χ0) is 20.8. The molecule has 4 rings (SSSR count). The second-order valence-electron chi connectivity index (χ2n) is 7.09. The summed E-state index contributed by atoms with van der Waals surface area (Å²) in [7, 11) is 0. The van der Waals surface area contributed by atoms with Gasteiger partial charge in [-0.3, -0.25) is 0 Å². The van der Waals surface area contributed by atoms with E-state index in [-0.39, 0.29) is 12.2 Å². The molecular formula is C26H40O2. The van der Waals surface area contributed by atoms with Crippen LogP contribution in [0.4, 0.5) is 0 Å². The van der Waals surface area contributed by atoms with E-state index in [0.29, 0.717) is 11.8 Å². The standard InChI is InChI=1S/2C11H14O.2C2H6/c2*12-11(10-7-4-8-10)9-5-2-1-3-6-9;2*1-2/h2*1-3,5-6,10-12H,4,7-8H2;2*1-2H3/t2*11-;;/m11../s1. The molecule has 2 aliphatic carbocycles. The first kappa shape index (κ1) is 24.4. The largest absolute Gasteiger partial charge is 0.388 e. The smallest absolute Gasteiger partial charge is 0.0818 e. The summed E-state index contributed by atoms with van der Waals surface area (Å²) in [5, 5.41) is 19.7. The van der Waals surface area contributed by atoms with Gasteiger partial charge in [0.15, 0.2) is 0 Å². The lowest BCUT2D eigenvalue weighted by molar-refractivity contribution is 0.0620. The predicted molar refractivity (Wildman–Crippen MR) is 120 cm³/mol. The average Bonchev–Trinajstić information content (AvgIpc) is 2.70. The van der Waals surface area contributed by atoms with Crippen molar-refractivity contribution >= 4 is 0 Å². The van der Waals surface area contributed by atoms with Gasteiger partial charge in [-0.15, -0.1) is 0 Å². The molecule has 2 fully saturated rings. The van der Waals surface area contributed by atoms with E-state index in [2.05, 4.69) is 0 Å². The van der Waals surface area contributed by atoms with Gasteiger partial charge in [0.05, 0.1) is 12.2 Å². The molecule has 0 radical (unpaired) electrons. The Hall–Kier alpha value is -1.64. The fraction of sp³-hybridized carbons (Fsp3) is 0.538. The van der Waals surface area contributed by atoms with E-state index in [1.165, 1.54) is 38.5 Å². The third-order valence-corrected chi connectivity index (χ3v) is 5.47. The summed E-state index contributed by atoms with van der Waals surface area (Å²) in [6, 6.07) is 19.9. The van der Waals surface area contributed by atoms with Crippen LogP contribution < -0.4 is 0 Å². The van der Waals surface area contributed by atoms with Crippen LogP contribution in [0.2, 0.25) is 0 Å². The highest BCUT2D eigenvalue weighted by atomic mass is 16.3. The van der Waals surface area contributed by atoms with Crippen LogP contribution in [0.15, 0.2) is 60.7 Å². The van der Waals surface area contributed by atoms with Crippen molar-refractivity contribution in [3.63, 3.8) is 0 Å². The molecule has 2 atom stereocenters. The van der Waals surface area contributed by atoms with Gasteiger partial charge in [-0.25, -0.2) is 0 Å². The van der Waals surface area contributed by atoms with E-state index in [1.807, 2.05) is 88.4 Å². The third-order valence-electron chi connectivity index (χ3n) is 5.47. The Kier molecular flexibility index (Phi) is 12.5. The zero-order valence-electron chi connectivity index (χ0n) is 18.2. The quantitative estimate of drug-likeness (QED) is 0.590. The lowest BCUT2D eigenvalue weighted by atomic mass is 9.79. The van der Waals surface area contributed by atoms with Crippen LogP contribution in [-0.2, 0) is 0 Å². The fourth-order valence-electron chi connectivity index (χ4n) is 3.36. The molecule has 0 saturated heterocycles. The Morgan fingerprint density at radius 2 is 0.857 bits per heavy atom. The normalized spacial score (nSPS) is 17.6. The van der Waals surface area contributed by atoms with Crippen LogP contribution >= 0.6 is 0 Å². The number of aliphatic hydroxyl groups excluding tert-OH is 2. The van der Waals surface area contributed by atoms with Crippen LogP contribution in [0.5, 0.6) is 0 Å². The molecule has 0 bridgehead atoms. The number of rotatable bonds is 4. The SMILES string of the molecule is CC.CC.O[C@H](c1ccccc1)C1CCC1.O[C@H](c1ccccc1)C1CCC1. The minimum atomic E-state index is -0.222. The number of hydrogen-bond acceptors (Lipinski definition) is 2. The first-order valence-corrected chi connectivity index (χ1v) is 11.2. The van der Waals surface area contributed by atoms with Crippen LogP contribution in [0.25, 0.3) is 0 Å². The maximum absolute atomic E-state index is 9.84. The predicted octanol–water partition coefficient (Wildman–Crippen LogP) is 7.09. The van der Waals surface area contributed by atoms with Gasteiger partial charge in [-0.05, 0) is 48.6 Å². The Labute approximate surface area is 172 Å². The maximum atomic E-state index is 9.84. The summed E-state index contributed by atoms with van der Waals surface area (Å²) in [6.45, 7) is 8.00. The topological polar surface area (TPSA) is 40.5 Å². The van der Waals surface area contributed by atoms with Crippen molar-refractivity contribution < 1.29 is 10.2 Å². The second-order valence-corrected chi connectivity index (χ2v) is 7.09. The Morgan fingerprint density at radius 1 is 0.571 bits per heavy atom. The second kappa shape index (κ2) is 14.4. The van der Waals surface area contributed by atoms with Gasteiger partial charge in [0, 0.05) is 0 Å².